The van der Waals surface area contributed by atoms with E-state index in [1.807, 2.05) is 31.2 Å². The summed E-state index contributed by atoms with van der Waals surface area (Å²) in [6.07, 6.45) is 2.26. The monoisotopic (exact) mass is 509 g/mol. The molecule has 0 unspecified atom stereocenters. The fourth-order valence-corrected chi connectivity index (χ4v) is 4.31. The van der Waals surface area contributed by atoms with Crippen molar-refractivity contribution >= 4 is 43.4 Å². The van der Waals surface area contributed by atoms with Crippen molar-refractivity contribution < 1.29 is 19.1 Å². The lowest BCUT2D eigenvalue weighted by molar-refractivity contribution is 0.210. The van der Waals surface area contributed by atoms with Crippen LogP contribution in [0.4, 0.5) is 9.59 Å². The average molecular weight is 509 g/mol. The topological polar surface area (TPSA) is 78.6 Å². The highest BCUT2D eigenvalue weighted by Crippen LogP contribution is 2.47. The molecule has 0 radical (unpaired) electrons. The van der Waals surface area contributed by atoms with Crippen molar-refractivity contribution in [2.45, 2.75) is 53.4 Å². The Balaban J connectivity index is 2.89. The molecule has 0 aliphatic heterocycles. The van der Waals surface area contributed by atoms with Gasteiger partial charge in [-0.2, -0.15) is 0 Å². The largest absolute Gasteiger partial charge is 0.418 e. The van der Waals surface area contributed by atoms with Crippen LogP contribution in [0.1, 0.15) is 52.2 Å². The van der Waals surface area contributed by atoms with Crippen LogP contribution in [-0.2, 0) is 5.41 Å². The number of nitrogens with two attached hydrogens (primary N) is 1. The lowest BCUT2D eigenvalue weighted by Crippen LogP contribution is -2.22. The van der Waals surface area contributed by atoms with Gasteiger partial charge in [-0.1, -0.05) is 63.6 Å². The Morgan fingerprint density at radius 2 is 1.69 bits per heavy atom. The Morgan fingerprint density at radius 1 is 1.14 bits per heavy atom. The summed E-state index contributed by atoms with van der Waals surface area (Å²) in [5.41, 5.74) is 7.60. The number of hydrogen-bond acceptors (Lipinski definition) is 4. The van der Waals surface area contributed by atoms with Crippen molar-refractivity contribution in [1.29, 1.82) is 0 Å². The molecule has 2 aromatic rings. The molecule has 0 fully saturated rings. The van der Waals surface area contributed by atoms with E-state index in [-0.39, 0.29) is 0 Å². The van der Waals surface area contributed by atoms with Gasteiger partial charge in [-0.3, -0.25) is 0 Å². The zero-order valence-corrected chi connectivity index (χ0v) is 19.9. The summed E-state index contributed by atoms with van der Waals surface area (Å²) < 4.78 is 10.7. The Labute approximate surface area is 185 Å². The van der Waals surface area contributed by atoms with E-state index in [4.69, 9.17) is 15.2 Å². The summed E-state index contributed by atoms with van der Waals surface area (Å²) >= 11 is 1.62. The van der Waals surface area contributed by atoms with E-state index in [0.717, 1.165) is 12.0 Å². The lowest BCUT2D eigenvalue weighted by Gasteiger charge is -2.29. The molecule has 0 spiro atoms. The second-order valence-electron chi connectivity index (χ2n) is 8.27. The van der Waals surface area contributed by atoms with Crippen molar-refractivity contribution in [3.63, 3.8) is 0 Å². The van der Waals surface area contributed by atoms with Crippen LogP contribution >= 0.6 is 22.6 Å². The molecule has 2 rings (SSSR count). The minimum atomic E-state index is -0.882. The molecule has 5 nitrogen and oxygen atoms in total. The molecule has 0 saturated carbocycles. The number of benzene rings is 2. The predicted molar refractivity (Wildman–Crippen MR) is 125 cm³/mol. The van der Waals surface area contributed by atoms with E-state index in [1.165, 1.54) is 5.57 Å². The van der Waals surface area contributed by atoms with Gasteiger partial charge in [0.25, 0.3) is 0 Å². The minimum absolute atomic E-state index is 0.388. The third-order valence-electron chi connectivity index (χ3n) is 4.73. The summed E-state index contributed by atoms with van der Waals surface area (Å²) in [5, 5.41) is 1.36. The van der Waals surface area contributed by atoms with Gasteiger partial charge in [-0.15, -0.1) is 0 Å². The number of ether oxygens (including phenoxy) is 2. The number of fused-ring (bicyclic) bond motifs is 1. The normalized spacial score (nSPS) is 12.3. The molecule has 156 valence electrons. The minimum Gasteiger partial charge on any atom is -0.418 e. The maximum absolute atomic E-state index is 11.9. The number of halogens is 1. The van der Waals surface area contributed by atoms with E-state index in [1.54, 1.807) is 22.6 Å². The summed E-state index contributed by atoms with van der Waals surface area (Å²) in [6.45, 7) is 12.4. The van der Waals surface area contributed by atoms with Gasteiger partial charge in [0.15, 0.2) is 0 Å². The number of primary amides is 1. The molecule has 2 aromatic carbocycles. The molecule has 29 heavy (non-hydrogen) atoms. The molecule has 0 bridgehead atoms. The maximum Gasteiger partial charge on any atom is 0.409 e. The first-order valence-electron chi connectivity index (χ1n) is 9.52. The Hall–Kier alpha value is -2.09. The molecule has 0 heterocycles. The maximum atomic E-state index is 11.9. The SMILES string of the molecule is C/C(=C\C(C)(C)c1c(C)c(OC(N)=O)c2ccccc2c1OC(=O)I)CC(C)C. The van der Waals surface area contributed by atoms with Gasteiger partial charge in [-0.05, 0) is 26.2 Å². The molecule has 0 atom stereocenters. The van der Waals surface area contributed by atoms with E-state index in [9.17, 15) is 9.59 Å². The van der Waals surface area contributed by atoms with Crippen LogP contribution < -0.4 is 15.2 Å². The van der Waals surface area contributed by atoms with Crippen LogP contribution in [0.15, 0.2) is 35.9 Å². The first-order valence-corrected chi connectivity index (χ1v) is 10.6. The molecular formula is C23H28INO4. The van der Waals surface area contributed by atoms with E-state index in [0.29, 0.717) is 33.8 Å². The third-order valence-corrected chi connectivity index (χ3v) is 4.95. The van der Waals surface area contributed by atoms with E-state index >= 15 is 0 Å². The summed E-state index contributed by atoms with van der Waals surface area (Å²) in [4.78, 5) is 23.5. The number of rotatable bonds is 6. The third kappa shape index (κ3) is 5.50. The van der Waals surface area contributed by atoms with Crippen LogP contribution in [0.5, 0.6) is 11.5 Å². The molecule has 1 amide bonds. The highest BCUT2D eigenvalue weighted by molar-refractivity contribution is 14.1. The second kappa shape index (κ2) is 9.15. The zero-order chi connectivity index (χ0) is 21.9. The van der Waals surface area contributed by atoms with Crippen LogP contribution in [0.25, 0.3) is 10.8 Å². The van der Waals surface area contributed by atoms with Gasteiger partial charge in [0.1, 0.15) is 11.5 Å². The molecule has 0 aliphatic carbocycles. The van der Waals surface area contributed by atoms with Gasteiger partial charge in [0.2, 0.25) is 0 Å². The highest BCUT2D eigenvalue weighted by Gasteiger charge is 2.31. The van der Waals surface area contributed by atoms with E-state index in [2.05, 4.69) is 40.7 Å². The van der Waals surface area contributed by atoms with Gasteiger partial charge in [0, 0.05) is 27.3 Å². The molecule has 0 aromatic heterocycles. The lowest BCUT2D eigenvalue weighted by atomic mass is 9.78. The van der Waals surface area contributed by atoms with Gasteiger partial charge in [-0.25, -0.2) is 9.59 Å². The summed E-state index contributed by atoms with van der Waals surface area (Å²) in [7, 11) is 0. The van der Waals surface area contributed by atoms with Gasteiger partial charge < -0.3 is 15.2 Å². The Bertz CT molecular complexity index is 976. The molecular weight excluding hydrogens is 481 g/mol. The van der Waals surface area contributed by atoms with Crippen molar-refractivity contribution in [1.82, 2.24) is 0 Å². The first-order chi connectivity index (χ1) is 13.4. The molecule has 0 saturated heterocycles. The average Bonchev–Trinajstić information content (AvgIpc) is 2.56. The molecule has 0 aliphatic rings. The smallest absolute Gasteiger partial charge is 0.409 e. The Kier molecular flexibility index (Phi) is 7.32. The number of carbonyl (C=O) groups excluding carboxylic acids is 2. The van der Waals surface area contributed by atoms with Crippen LogP contribution in [-0.4, -0.2) is 10.1 Å². The van der Waals surface area contributed by atoms with Crippen molar-refractivity contribution in [3.05, 3.63) is 47.0 Å². The van der Waals surface area contributed by atoms with Crippen LogP contribution in [0.3, 0.4) is 0 Å². The number of hydrogen-bond donors (Lipinski definition) is 1. The highest BCUT2D eigenvalue weighted by atomic mass is 127. The summed E-state index contributed by atoms with van der Waals surface area (Å²) in [6, 6.07) is 7.36. The van der Waals surface area contributed by atoms with Crippen molar-refractivity contribution in [2.75, 3.05) is 0 Å². The number of amides is 1. The number of carbonyl (C=O) groups is 2. The molecule has 6 heteroatoms. The quantitative estimate of drug-likeness (QED) is 0.264. The van der Waals surface area contributed by atoms with Gasteiger partial charge >= 0.3 is 10.1 Å². The van der Waals surface area contributed by atoms with Crippen molar-refractivity contribution in [3.8, 4) is 11.5 Å². The second-order valence-corrected chi connectivity index (χ2v) is 9.16. The zero-order valence-electron chi connectivity index (χ0n) is 17.8. The van der Waals surface area contributed by atoms with Gasteiger partial charge in [0.05, 0.1) is 22.6 Å². The number of allylic oxidation sites excluding steroid dienone is 2. The summed E-state index contributed by atoms with van der Waals surface area (Å²) in [5.74, 6) is 1.40. The predicted octanol–water partition coefficient (Wildman–Crippen LogP) is 6.81. The van der Waals surface area contributed by atoms with E-state index < -0.39 is 15.5 Å². The van der Waals surface area contributed by atoms with Crippen LogP contribution in [0.2, 0.25) is 0 Å². The fraction of sp³-hybridized carbons (Fsp3) is 0.391. The van der Waals surface area contributed by atoms with Crippen molar-refractivity contribution in [2.24, 2.45) is 11.7 Å². The van der Waals surface area contributed by atoms with Crippen LogP contribution in [0, 0.1) is 12.8 Å². The fourth-order valence-electron chi connectivity index (χ4n) is 4.08. The first kappa shape index (κ1) is 23.2. The Morgan fingerprint density at radius 3 is 2.17 bits per heavy atom. The molecule has 2 N–H and O–H groups in total. The standard InChI is InChI=1S/C23H28INO4/c1-13(2)11-14(3)12-23(5,6)18-15(4)19(29-22(25)27)16-9-7-8-10-17(16)20(18)28-21(24)26/h7-10,12-13H,11H2,1-6H3,(H2,25,27)/b14-12+.